The molecule has 6 nitrogen and oxygen atoms in total. The van der Waals surface area contributed by atoms with Gasteiger partial charge in [0.05, 0.1) is 18.0 Å². The van der Waals surface area contributed by atoms with Crippen LogP contribution in [0.3, 0.4) is 0 Å². The summed E-state index contributed by atoms with van der Waals surface area (Å²) in [6.07, 6.45) is 5.42. The van der Waals surface area contributed by atoms with E-state index in [1.54, 1.807) is 18.3 Å². The number of rotatable bonds is 7. The van der Waals surface area contributed by atoms with Gasteiger partial charge in [0.1, 0.15) is 5.82 Å². The molecule has 0 aliphatic carbocycles. The van der Waals surface area contributed by atoms with E-state index in [0.29, 0.717) is 11.6 Å². The van der Waals surface area contributed by atoms with Crippen LogP contribution in [0, 0.1) is 5.82 Å². The lowest BCUT2D eigenvalue weighted by Gasteiger charge is -2.31. The van der Waals surface area contributed by atoms with Gasteiger partial charge < -0.3 is 4.42 Å². The van der Waals surface area contributed by atoms with Gasteiger partial charge in [-0.05, 0) is 57.1 Å². The van der Waals surface area contributed by atoms with Crippen molar-refractivity contribution in [1.29, 1.82) is 0 Å². The predicted molar refractivity (Wildman–Crippen MR) is 127 cm³/mol. The summed E-state index contributed by atoms with van der Waals surface area (Å²) >= 11 is 1.51. The second-order valence-corrected chi connectivity index (χ2v) is 9.14. The van der Waals surface area contributed by atoms with Gasteiger partial charge in [0.25, 0.3) is 0 Å². The van der Waals surface area contributed by atoms with Gasteiger partial charge in [-0.15, -0.1) is 10.2 Å². The first-order chi connectivity index (χ1) is 16.2. The number of halogens is 1. The van der Waals surface area contributed by atoms with Crippen LogP contribution in [0.25, 0.3) is 17.0 Å². The Kier molecular flexibility index (Phi) is 6.55. The van der Waals surface area contributed by atoms with E-state index in [1.807, 2.05) is 34.9 Å². The van der Waals surface area contributed by atoms with Crippen LogP contribution in [0.4, 0.5) is 4.39 Å². The molecular weight excluding hydrogens is 437 g/mol. The minimum Gasteiger partial charge on any atom is -0.440 e. The standard InChI is InChI=1S/C25H26FN5OS/c1-18(30-14-6-3-7-15-30)24-28-29-25(31(24)21-12-10-20(26)11-13-21)33-17-23-27-16-22(32-23)19-8-4-2-5-9-19/h2,4-5,8-13,16,18H,3,6-7,14-15,17H2,1H3/t18-/m1/s1. The molecule has 2 aromatic heterocycles. The van der Waals surface area contributed by atoms with Crippen LogP contribution in [0.5, 0.6) is 0 Å². The zero-order valence-corrected chi connectivity index (χ0v) is 19.3. The van der Waals surface area contributed by atoms with Crippen molar-refractivity contribution >= 4 is 11.8 Å². The van der Waals surface area contributed by atoms with Gasteiger partial charge in [-0.2, -0.15) is 0 Å². The van der Waals surface area contributed by atoms with Crippen LogP contribution in [-0.2, 0) is 5.75 Å². The van der Waals surface area contributed by atoms with E-state index in [2.05, 4.69) is 27.0 Å². The summed E-state index contributed by atoms with van der Waals surface area (Å²) in [5, 5.41) is 9.79. The Morgan fingerprint density at radius 1 is 1.00 bits per heavy atom. The quantitative estimate of drug-likeness (QED) is 0.318. The van der Waals surface area contributed by atoms with Crippen LogP contribution in [0.15, 0.2) is 70.4 Å². The fraction of sp³-hybridized carbons (Fsp3) is 0.320. The van der Waals surface area contributed by atoms with Gasteiger partial charge >= 0.3 is 0 Å². The maximum atomic E-state index is 13.6. The maximum absolute atomic E-state index is 13.6. The van der Waals surface area contributed by atoms with Gasteiger partial charge in [0.2, 0.25) is 5.89 Å². The number of aromatic nitrogens is 4. The first kappa shape index (κ1) is 21.9. The number of hydrogen-bond donors (Lipinski definition) is 0. The Hall–Kier alpha value is -2.97. The first-order valence-corrected chi connectivity index (χ1v) is 12.3. The molecule has 5 rings (SSSR count). The minimum atomic E-state index is -0.264. The Labute approximate surface area is 196 Å². The number of likely N-dealkylation sites (tertiary alicyclic amines) is 1. The summed E-state index contributed by atoms with van der Waals surface area (Å²) in [6, 6.07) is 16.5. The van der Waals surface area contributed by atoms with E-state index in [0.717, 1.165) is 41.1 Å². The zero-order valence-electron chi connectivity index (χ0n) is 18.5. The van der Waals surface area contributed by atoms with Crippen molar-refractivity contribution in [2.24, 2.45) is 0 Å². The van der Waals surface area contributed by atoms with Crippen molar-refractivity contribution in [3.8, 4) is 17.0 Å². The average Bonchev–Trinajstić information content (AvgIpc) is 3.51. The van der Waals surface area contributed by atoms with E-state index in [1.165, 1.54) is 43.2 Å². The summed E-state index contributed by atoms with van der Waals surface area (Å²) in [7, 11) is 0. The second kappa shape index (κ2) is 9.89. The molecule has 0 amide bonds. The highest BCUT2D eigenvalue weighted by Gasteiger charge is 2.25. The molecule has 0 unspecified atom stereocenters. The molecule has 1 atom stereocenters. The second-order valence-electron chi connectivity index (χ2n) is 8.20. The summed E-state index contributed by atoms with van der Waals surface area (Å²) in [5.41, 5.74) is 1.84. The highest BCUT2D eigenvalue weighted by molar-refractivity contribution is 7.98. The largest absolute Gasteiger partial charge is 0.440 e. The van der Waals surface area contributed by atoms with Gasteiger partial charge in [-0.1, -0.05) is 48.5 Å². The lowest BCUT2D eigenvalue weighted by molar-refractivity contribution is 0.167. The number of thioether (sulfide) groups is 1. The van der Waals surface area contributed by atoms with Crippen molar-refractivity contribution in [2.75, 3.05) is 13.1 Å². The van der Waals surface area contributed by atoms with Crippen LogP contribution >= 0.6 is 11.8 Å². The van der Waals surface area contributed by atoms with Gasteiger partial charge in [0.15, 0.2) is 16.7 Å². The third kappa shape index (κ3) is 4.86. The fourth-order valence-electron chi connectivity index (χ4n) is 4.19. The summed E-state index contributed by atoms with van der Waals surface area (Å²) in [4.78, 5) is 6.88. The Morgan fingerprint density at radius 2 is 1.76 bits per heavy atom. The third-order valence-corrected chi connectivity index (χ3v) is 6.91. The highest BCUT2D eigenvalue weighted by Crippen LogP contribution is 2.31. The molecule has 8 heteroatoms. The van der Waals surface area contributed by atoms with Crippen LogP contribution in [0.1, 0.15) is 43.9 Å². The molecule has 33 heavy (non-hydrogen) atoms. The Morgan fingerprint density at radius 3 is 2.52 bits per heavy atom. The average molecular weight is 464 g/mol. The molecule has 1 saturated heterocycles. The number of hydrogen-bond acceptors (Lipinski definition) is 6. The molecule has 170 valence electrons. The number of nitrogens with zero attached hydrogens (tertiary/aromatic N) is 5. The van der Waals surface area contributed by atoms with Crippen molar-refractivity contribution in [3.63, 3.8) is 0 Å². The molecule has 2 aromatic carbocycles. The van der Waals surface area contributed by atoms with Crippen molar-refractivity contribution < 1.29 is 8.81 Å². The SMILES string of the molecule is C[C@H](c1nnc(SCc2ncc(-c3ccccc3)o2)n1-c1ccc(F)cc1)N1CCCCC1. The minimum absolute atomic E-state index is 0.114. The van der Waals surface area contributed by atoms with Gasteiger partial charge in [0, 0.05) is 11.3 Å². The monoisotopic (exact) mass is 463 g/mol. The molecule has 0 bridgehead atoms. The molecular formula is C25H26FN5OS. The number of oxazole rings is 1. The van der Waals surface area contributed by atoms with Gasteiger partial charge in [-0.3, -0.25) is 9.47 Å². The van der Waals surface area contributed by atoms with E-state index < -0.39 is 0 Å². The van der Waals surface area contributed by atoms with Crippen molar-refractivity contribution in [1.82, 2.24) is 24.6 Å². The summed E-state index contributed by atoms with van der Waals surface area (Å²) < 4.78 is 21.6. The van der Waals surface area contributed by atoms with Crippen molar-refractivity contribution in [3.05, 3.63) is 78.3 Å². The molecule has 0 radical (unpaired) electrons. The van der Waals surface area contributed by atoms with Crippen molar-refractivity contribution in [2.45, 2.75) is 43.1 Å². The lowest BCUT2D eigenvalue weighted by atomic mass is 10.1. The molecule has 1 aliphatic heterocycles. The van der Waals surface area contributed by atoms with Crippen LogP contribution in [-0.4, -0.2) is 37.7 Å². The number of benzene rings is 2. The molecule has 4 aromatic rings. The molecule has 0 N–H and O–H groups in total. The summed E-state index contributed by atoms with van der Waals surface area (Å²) in [6.45, 7) is 4.28. The van der Waals surface area contributed by atoms with Crippen LogP contribution in [0.2, 0.25) is 0 Å². The zero-order chi connectivity index (χ0) is 22.6. The Bertz CT molecular complexity index is 1190. The molecule has 1 fully saturated rings. The topological polar surface area (TPSA) is 60.0 Å². The molecule has 1 aliphatic rings. The predicted octanol–water partition coefficient (Wildman–Crippen LogP) is 5.90. The first-order valence-electron chi connectivity index (χ1n) is 11.3. The van der Waals surface area contributed by atoms with E-state index >= 15 is 0 Å². The van der Waals surface area contributed by atoms with E-state index in [4.69, 9.17) is 4.42 Å². The highest BCUT2D eigenvalue weighted by atomic mass is 32.2. The lowest BCUT2D eigenvalue weighted by Crippen LogP contribution is -2.33. The third-order valence-electron chi connectivity index (χ3n) is 5.99. The van der Waals surface area contributed by atoms with E-state index in [-0.39, 0.29) is 11.9 Å². The smallest absolute Gasteiger partial charge is 0.205 e. The van der Waals surface area contributed by atoms with Gasteiger partial charge in [-0.25, -0.2) is 9.37 Å². The molecule has 0 spiro atoms. The number of piperidine rings is 1. The fourth-order valence-corrected chi connectivity index (χ4v) is 5.00. The normalized spacial score (nSPS) is 15.6. The summed E-state index contributed by atoms with van der Waals surface area (Å²) in [5.74, 6) is 2.48. The maximum Gasteiger partial charge on any atom is 0.205 e. The van der Waals surface area contributed by atoms with Crippen LogP contribution < -0.4 is 0 Å². The Balaban J connectivity index is 1.40. The molecule has 0 saturated carbocycles. The van der Waals surface area contributed by atoms with E-state index in [9.17, 15) is 4.39 Å². The molecule has 3 heterocycles.